The third kappa shape index (κ3) is 2.32. The van der Waals surface area contributed by atoms with Gasteiger partial charge in [-0.2, -0.15) is 0 Å². The molecule has 0 N–H and O–H groups in total. The summed E-state index contributed by atoms with van der Waals surface area (Å²) >= 11 is 0. The Hall–Kier alpha value is -1.45. The van der Waals surface area contributed by atoms with Gasteiger partial charge in [-0.05, 0) is 6.42 Å². The molecule has 0 aliphatic carbocycles. The second kappa shape index (κ2) is 4.87. The van der Waals surface area contributed by atoms with Gasteiger partial charge in [0.1, 0.15) is 11.8 Å². The van der Waals surface area contributed by atoms with Gasteiger partial charge in [0, 0.05) is 6.54 Å². The summed E-state index contributed by atoms with van der Waals surface area (Å²) in [4.78, 5) is 12.4. The van der Waals surface area contributed by atoms with E-state index in [0.717, 1.165) is 17.7 Å². The van der Waals surface area contributed by atoms with Crippen LogP contribution in [0.4, 0.5) is 0 Å². The van der Waals surface area contributed by atoms with E-state index in [1.807, 2.05) is 6.33 Å². The normalized spacial score (nSPS) is 11.0. The number of hydrogen-bond acceptors (Lipinski definition) is 3. The van der Waals surface area contributed by atoms with Crippen LogP contribution in [0.1, 0.15) is 32.6 Å². The molecule has 0 aliphatic heterocycles. The van der Waals surface area contributed by atoms with Gasteiger partial charge in [0.25, 0.3) is 0 Å². The third-order valence-electron chi connectivity index (χ3n) is 2.53. The van der Waals surface area contributed by atoms with Crippen molar-refractivity contribution in [3.63, 3.8) is 0 Å². The Morgan fingerprint density at radius 2 is 2.13 bits per heavy atom. The van der Waals surface area contributed by atoms with E-state index in [4.69, 9.17) is 0 Å². The van der Waals surface area contributed by atoms with Crippen LogP contribution in [0.2, 0.25) is 0 Å². The summed E-state index contributed by atoms with van der Waals surface area (Å²) in [6.07, 6.45) is 10.2. The van der Waals surface area contributed by atoms with Gasteiger partial charge < -0.3 is 4.57 Å². The minimum atomic E-state index is 0.882. The van der Waals surface area contributed by atoms with Crippen molar-refractivity contribution in [3.05, 3.63) is 18.9 Å². The molecule has 0 aliphatic rings. The minimum Gasteiger partial charge on any atom is -0.315 e. The molecule has 4 nitrogen and oxygen atoms in total. The van der Waals surface area contributed by atoms with Crippen LogP contribution in [-0.2, 0) is 6.54 Å². The fourth-order valence-electron chi connectivity index (χ4n) is 1.69. The first-order valence-electron chi connectivity index (χ1n) is 5.52. The molecule has 2 aromatic heterocycles. The maximum atomic E-state index is 4.26. The molecular formula is C11H16N4. The monoisotopic (exact) mass is 204 g/mol. The molecule has 0 amide bonds. The third-order valence-corrected chi connectivity index (χ3v) is 2.53. The van der Waals surface area contributed by atoms with Crippen LogP contribution in [0.15, 0.2) is 18.9 Å². The van der Waals surface area contributed by atoms with Crippen LogP contribution < -0.4 is 0 Å². The van der Waals surface area contributed by atoms with Crippen molar-refractivity contribution in [3.8, 4) is 0 Å². The zero-order valence-corrected chi connectivity index (χ0v) is 9.06. The largest absolute Gasteiger partial charge is 0.315 e. The summed E-state index contributed by atoms with van der Waals surface area (Å²) in [5.41, 5.74) is 1.83. The molecule has 80 valence electrons. The van der Waals surface area contributed by atoms with E-state index < -0.39 is 0 Å². The quantitative estimate of drug-likeness (QED) is 0.702. The number of imidazole rings is 1. The summed E-state index contributed by atoms with van der Waals surface area (Å²) in [7, 11) is 0. The molecule has 0 spiro atoms. The number of rotatable bonds is 5. The molecule has 2 aromatic rings. The Labute approximate surface area is 89.4 Å². The molecule has 4 heteroatoms. The first-order valence-corrected chi connectivity index (χ1v) is 5.52. The van der Waals surface area contributed by atoms with Crippen LogP contribution in [0.5, 0.6) is 0 Å². The predicted octanol–water partition coefficient (Wildman–Crippen LogP) is 2.41. The van der Waals surface area contributed by atoms with Gasteiger partial charge in [0.05, 0.1) is 12.5 Å². The van der Waals surface area contributed by atoms with Crippen molar-refractivity contribution in [2.45, 2.75) is 39.2 Å². The zero-order valence-electron chi connectivity index (χ0n) is 9.06. The summed E-state index contributed by atoms with van der Waals surface area (Å²) < 4.78 is 2.10. The molecule has 0 aromatic carbocycles. The van der Waals surface area contributed by atoms with Crippen molar-refractivity contribution in [1.29, 1.82) is 0 Å². The topological polar surface area (TPSA) is 43.6 Å². The predicted molar refractivity (Wildman–Crippen MR) is 59.5 cm³/mol. The average molecular weight is 204 g/mol. The van der Waals surface area contributed by atoms with Crippen LogP contribution in [0.3, 0.4) is 0 Å². The number of unbranched alkanes of at least 4 members (excludes halogenated alkanes) is 3. The highest BCUT2D eigenvalue weighted by Crippen LogP contribution is 2.09. The smallest absolute Gasteiger partial charge is 0.163 e. The average Bonchev–Trinajstić information content (AvgIpc) is 2.68. The van der Waals surface area contributed by atoms with Gasteiger partial charge >= 0.3 is 0 Å². The van der Waals surface area contributed by atoms with E-state index in [9.17, 15) is 0 Å². The first-order chi connectivity index (χ1) is 7.42. The molecular weight excluding hydrogens is 188 g/mol. The van der Waals surface area contributed by atoms with Crippen molar-refractivity contribution in [2.24, 2.45) is 0 Å². The molecule has 2 rings (SSSR count). The zero-order chi connectivity index (χ0) is 10.5. The molecule has 15 heavy (non-hydrogen) atoms. The highest BCUT2D eigenvalue weighted by Gasteiger charge is 2.02. The van der Waals surface area contributed by atoms with Crippen LogP contribution in [-0.4, -0.2) is 19.5 Å². The molecule has 0 fully saturated rings. The van der Waals surface area contributed by atoms with E-state index in [0.29, 0.717) is 0 Å². The van der Waals surface area contributed by atoms with Crippen molar-refractivity contribution in [1.82, 2.24) is 19.5 Å². The van der Waals surface area contributed by atoms with Gasteiger partial charge in [-0.25, -0.2) is 15.0 Å². The number of aromatic nitrogens is 4. The van der Waals surface area contributed by atoms with Crippen molar-refractivity contribution in [2.75, 3.05) is 0 Å². The molecule has 0 atom stereocenters. The standard InChI is InChI=1S/C11H16N4/c1-2-3-4-5-6-15-9-14-10-7-12-8-13-11(10)15/h7-9H,2-6H2,1H3. The summed E-state index contributed by atoms with van der Waals surface area (Å²) in [5, 5.41) is 0. The van der Waals surface area contributed by atoms with E-state index >= 15 is 0 Å². The van der Waals surface area contributed by atoms with Gasteiger partial charge in [-0.3, -0.25) is 0 Å². The van der Waals surface area contributed by atoms with Crippen LogP contribution in [0.25, 0.3) is 11.2 Å². The minimum absolute atomic E-state index is 0.882. The van der Waals surface area contributed by atoms with Crippen LogP contribution >= 0.6 is 0 Å². The van der Waals surface area contributed by atoms with E-state index in [2.05, 4.69) is 26.4 Å². The first kappa shape index (κ1) is 10.1. The van der Waals surface area contributed by atoms with Gasteiger partial charge in [-0.1, -0.05) is 26.2 Å². The van der Waals surface area contributed by atoms with E-state index in [-0.39, 0.29) is 0 Å². The number of nitrogens with zero attached hydrogens (tertiary/aromatic N) is 4. The maximum Gasteiger partial charge on any atom is 0.163 e. The van der Waals surface area contributed by atoms with Gasteiger partial charge in [0.2, 0.25) is 0 Å². The van der Waals surface area contributed by atoms with E-state index in [1.165, 1.54) is 25.7 Å². The molecule has 0 bridgehead atoms. The Morgan fingerprint density at radius 3 is 3.00 bits per heavy atom. The van der Waals surface area contributed by atoms with Gasteiger partial charge in [-0.15, -0.1) is 0 Å². The summed E-state index contributed by atoms with van der Waals surface area (Å²) in [5.74, 6) is 0. The number of aryl methyl sites for hydroxylation is 1. The fourth-order valence-corrected chi connectivity index (χ4v) is 1.69. The molecule has 0 saturated heterocycles. The Bertz CT molecular complexity index is 421. The van der Waals surface area contributed by atoms with Crippen LogP contribution in [0, 0.1) is 0 Å². The Morgan fingerprint density at radius 1 is 1.20 bits per heavy atom. The Balaban J connectivity index is 2.02. The summed E-state index contributed by atoms with van der Waals surface area (Å²) in [6.45, 7) is 3.23. The fraction of sp³-hybridized carbons (Fsp3) is 0.545. The lowest BCUT2D eigenvalue weighted by Crippen LogP contribution is -1.97. The molecule has 2 heterocycles. The highest BCUT2D eigenvalue weighted by molar-refractivity contribution is 5.68. The number of fused-ring (bicyclic) bond motifs is 1. The highest BCUT2D eigenvalue weighted by atomic mass is 15.1. The lowest BCUT2D eigenvalue weighted by molar-refractivity contribution is 0.589. The Kier molecular flexibility index (Phi) is 3.27. The lowest BCUT2D eigenvalue weighted by atomic mass is 10.2. The second-order valence-corrected chi connectivity index (χ2v) is 3.73. The molecule has 0 saturated carbocycles. The summed E-state index contributed by atoms with van der Waals surface area (Å²) in [6, 6.07) is 0. The second-order valence-electron chi connectivity index (χ2n) is 3.73. The van der Waals surface area contributed by atoms with Crippen molar-refractivity contribution >= 4 is 11.2 Å². The lowest BCUT2D eigenvalue weighted by Gasteiger charge is -2.02. The molecule has 0 unspecified atom stereocenters. The van der Waals surface area contributed by atoms with E-state index in [1.54, 1.807) is 12.5 Å². The van der Waals surface area contributed by atoms with Crippen molar-refractivity contribution < 1.29 is 0 Å². The maximum absolute atomic E-state index is 4.26. The number of hydrogen-bond donors (Lipinski definition) is 0. The van der Waals surface area contributed by atoms with Gasteiger partial charge in [0.15, 0.2) is 5.65 Å². The molecule has 0 radical (unpaired) electrons. The SMILES string of the molecule is CCCCCCn1cnc2cncnc21.